The van der Waals surface area contributed by atoms with Gasteiger partial charge < -0.3 is 0 Å². The van der Waals surface area contributed by atoms with Crippen molar-refractivity contribution in [3.63, 3.8) is 0 Å². The zero-order valence-electron chi connectivity index (χ0n) is 30.4. The van der Waals surface area contributed by atoms with Crippen molar-refractivity contribution in [3.05, 3.63) is 154 Å². The van der Waals surface area contributed by atoms with Gasteiger partial charge in [0, 0.05) is 21.7 Å². The number of hydrogen-bond donors (Lipinski definition) is 0. The molecule has 242 valence electrons. The number of benzene rings is 7. The molecular weight excluding hydrogens is 601 g/mol. The van der Waals surface area contributed by atoms with Gasteiger partial charge in [-0.1, -0.05) is 140 Å². The average Bonchev–Trinajstić information content (AvgIpc) is 3.59. The van der Waals surface area contributed by atoms with E-state index in [2.05, 4.69) is 165 Å². The van der Waals surface area contributed by atoms with Gasteiger partial charge in [-0.05, 0) is 135 Å². The summed E-state index contributed by atoms with van der Waals surface area (Å²) in [6, 6.07) is 42.2. The molecule has 0 aliphatic heterocycles. The molecule has 4 aliphatic rings. The third-order valence-electron chi connectivity index (χ3n) is 13.8. The Bertz CT molecular complexity index is 2740. The minimum Gasteiger partial charge on any atom is -0.0619 e. The van der Waals surface area contributed by atoms with E-state index in [0.29, 0.717) is 0 Å². The highest BCUT2D eigenvalue weighted by Crippen LogP contribution is 2.67. The van der Waals surface area contributed by atoms with Gasteiger partial charge >= 0.3 is 0 Å². The van der Waals surface area contributed by atoms with Crippen LogP contribution in [0, 0.1) is 0 Å². The molecule has 0 heteroatoms. The van der Waals surface area contributed by atoms with Crippen LogP contribution in [0.25, 0.3) is 66.1 Å². The van der Waals surface area contributed by atoms with Crippen LogP contribution in [0.1, 0.15) is 99.9 Å². The third-order valence-corrected chi connectivity index (χ3v) is 13.8. The Morgan fingerprint density at radius 3 is 1.70 bits per heavy atom. The lowest BCUT2D eigenvalue weighted by Gasteiger charge is -2.36. The Balaban J connectivity index is 1.27. The Labute approximate surface area is 295 Å². The third kappa shape index (κ3) is 3.09. The Hall–Kier alpha value is -4.94. The Morgan fingerprint density at radius 1 is 0.340 bits per heavy atom. The van der Waals surface area contributed by atoms with Crippen LogP contribution in [0.4, 0.5) is 0 Å². The number of fused-ring (bicyclic) bond motifs is 9. The van der Waals surface area contributed by atoms with E-state index >= 15 is 0 Å². The van der Waals surface area contributed by atoms with Crippen LogP contribution < -0.4 is 0 Å². The summed E-state index contributed by atoms with van der Waals surface area (Å²) < 4.78 is 0. The molecule has 0 radical (unpaired) electrons. The highest BCUT2D eigenvalue weighted by molar-refractivity contribution is 6.17. The first kappa shape index (κ1) is 28.9. The van der Waals surface area contributed by atoms with E-state index in [1.807, 2.05) is 0 Å². The van der Waals surface area contributed by atoms with E-state index < -0.39 is 0 Å². The van der Waals surface area contributed by atoms with Crippen molar-refractivity contribution in [1.82, 2.24) is 0 Å². The average molecular weight is 643 g/mol. The minimum atomic E-state index is -0.167. The van der Waals surface area contributed by atoms with Gasteiger partial charge in [-0.2, -0.15) is 0 Å². The van der Waals surface area contributed by atoms with Crippen molar-refractivity contribution >= 4 is 21.5 Å². The van der Waals surface area contributed by atoms with Gasteiger partial charge in [-0.25, -0.2) is 0 Å². The summed E-state index contributed by atoms with van der Waals surface area (Å²) in [4.78, 5) is 0. The molecule has 0 nitrogen and oxygen atoms in total. The van der Waals surface area contributed by atoms with E-state index in [4.69, 9.17) is 0 Å². The number of hydrogen-bond acceptors (Lipinski definition) is 0. The quantitative estimate of drug-likeness (QED) is 0.167. The second kappa shape index (κ2) is 8.67. The molecule has 0 atom stereocenters. The van der Waals surface area contributed by atoms with Gasteiger partial charge in [0.1, 0.15) is 0 Å². The zero-order chi connectivity index (χ0) is 34.3. The Kier molecular flexibility index (Phi) is 5.00. The van der Waals surface area contributed by atoms with Crippen LogP contribution in [0.3, 0.4) is 0 Å². The van der Waals surface area contributed by atoms with Crippen molar-refractivity contribution in [3.8, 4) is 44.5 Å². The highest BCUT2D eigenvalue weighted by Gasteiger charge is 2.52. The van der Waals surface area contributed by atoms with Gasteiger partial charge in [0.05, 0.1) is 0 Å². The summed E-state index contributed by atoms with van der Waals surface area (Å²) in [5.74, 6) is 0. The summed E-state index contributed by atoms with van der Waals surface area (Å²) in [7, 11) is 0. The van der Waals surface area contributed by atoms with E-state index in [-0.39, 0.29) is 21.7 Å². The molecule has 0 spiro atoms. The van der Waals surface area contributed by atoms with Crippen LogP contribution in [-0.4, -0.2) is 0 Å². The fraction of sp³-hybridized carbons (Fsp3) is 0.240. The second-order valence-electron chi connectivity index (χ2n) is 17.7. The summed E-state index contributed by atoms with van der Waals surface area (Å²) in [6.45, 7) is 19.8. The summed E-state index contributed by atoms with van der Waals surface area (Å²) in [6.07, 6.45) is 0. The molecule has 0 fully saturated rings. The molecule has 0 bridgehead atoms. The van der Waals surface area contributed by atoms with Gasteiger partial charge in [-0.15, -0.1) is 0 Å². The van der Waals surface area contributed by atoms with E-state index in [1.54, 1.807) is 11.1 Å². The Morgan fingerprint density at radius 2 is 0.880 bits per heavy atom. The first-order chi connectivity index (χ1) is 23.8. The maximum absolute atomic E-state index is 2.60. The predicted octanol–water partition coefficient (Wildman–Crippen LogP) is 13.2. The fourth-order valence-electron chi connectivity index (χ4n) is 11.3. The van der Waals surface area contributed by atoms with Crippen LogP contribution in [0.15, 0.2) is 109 Å². The minimum absolute atomic E-state index is 0.0403. The molecule has 0 amide bonds. The summed E-state index contributed by atoms with van der Waals surface area (Å²) in [5.41, 5.74) is 22.8. The summed E-state index contributed by atoms with van der Waals surface area (Å²) >= 11 is 0. The van der Waals surface area contributed by atoms with Crippen molar-refractivity contribution in [1.29, 1.82) is 0 Å². The lowest BCUT2D eigenvalue weighted by molar-refractivity contribution is 0.601. The molecule has 50 heavy (non-hydrogen) atoms. The standard InChI is InChI=1S/C50H42/c1-47(2)35-21-12-11-18-31(35)33-25-38-34(26-37(33)47)41-32-20-14-22-36-42(32)44-43-39(48(36,3)4)23-28(30-19-13-16-27-15-9-10-17-29(27)30)24-40(43)50(7,8)46(44)45(41)49(38,5)6/h9-26H,1-8H3. The van der Waals surface area contributed by atoms with E-state index in [1.165, 1.54) is 99.4 Å². The molecule has 11 rings (SSSR count). The van der Waals surface area contributed by atoms with Crippen LogP contribution >= 0.6 is 0 Å². The molecule has 0 saturated carbocycles. The molecule has 0 N–H and O–H groups in total. The maximum atomic E-state index is 2.60. The van der Waals surface area contributed by atoms with E-state index in [0.717, 1.165) is 0 Å². The lowest BCUT2D eigenvalue weighted by atomic mass is 9.66. The fourth-order valence-corrected chi connectivity index (χ4v) is 11.3. The molecule has 0 aromatic heterocycles. The van der Waals surface area contributed by atoms with Crippen LogP contribution in [0.2, 0.25) is 0 Å². The van der Waals surface area contributed by atoms with Gasteiger partial charge in [0.15, 0.2) is 0 Å². The van der Waals surface area contributed by atoms with Crippen molar-refractivity contribution in [2.24, 2.45) is 0 Å². The topological polar surface area (TPSA) is 0 Å². The maximum Gasteiger partial charge on any atom is 0.0162 e. The van der Waals surface area contributed by atoms with E-state index in [9.17, 15) is 0 Å². The smallest absolute Gasteiger partial charge is 0.0162 e. The van der Waals surface area contributed by atoms with Crippen LogP contribution in [-0.2, 0) is 21.7 Å². The molecule has 7 aromatic rings. The molecule has 7 aromatic carbocycles. The zero-order valence-corrected chi connectivity index (χ0v) is 30.4. The summed E-state index contributed by atoms with van der Waals surface area (Å²) in [5, 5.41) is 5.52. The predicted molar refractivity (Wildman–Crippen MR) is 212 cm³/mol. The first-order valence-corrected chi connectivity index (χ1v) is 18.5. The largest absolute Gasteiger partial charge is 0.0619 e. The monoisotopic (exact) mass is 642 g/mol. The van der Waals surface area contributed by atoms with Crippen LogP contribution in [0.5, 0.6) is 0 Å². The molecule has 0 heterocycles. The van der Waals surface area contributed by atoms with Crippen molar-refractivity contribution < 1.29 is 0 Å². The highest BCUT2D eigenvalue weighted by atomic mass is 14.5. The van der Waals surface area contributed by atoms with Gasteiger partial charge in [0.2, 0.25) is 0 Å². The SMILES string of the molecule is CC1(C)c2ccccc2-c2cc3c(cc21)-c1c(c2c4c5c(cccc15)C(C)(C)c1cc(-c5cccc6ccccc56)cc(c1-4)C2(C)C)C3(C)C. The second-order valence-corrected chi connectivity index (χ2v) is 17.7. The lowest BCUT2D eigenvalue weighted by Crippen LogP contribution is -2.25. The molecule has 4 aliphatic carbocycles. The molecular formula is C50H42. The molecule has 0 unspecified atom stereocenters. The normalized spacial score (nSPS) is 18.2. The van der Waals surface area contributed by atoms with Crippen molar-refractivity contribution in [2.75, 3.05) is 0 Å². The van der Waals surface area contributed by atoms with Gasteiger partial charge in [0.25, 0.3) is 0 Å². The molecule has 0 saturated heterocycles. The first-order valence-electron chi connectivity index (χ1n) is 18.5. The number of rotatable bonds is 1. The van der Waals surface area contributed by atoms with Crippen molar-refractivity contribution in [2.45, 2.75) is 77.0 Å². The van der Waals surface area contributed by atoms with Gasteiger partial charge in [-0.3, -0.25) is 0 Å².